The molecular weight excluding hydrogens is 214 g/mol. The van der Waals surface area contributed by atoms with Gasteiger partial charge in [-0.3, -0.25) is 0 Å². The molecule has 1 aliphatic rings. The van der Waals surface area contributed by atoms with Gasteiger partial charge in [-0.2, -0.15) is 0 Å². The summed E-state index contributed by atoms with van der Waals surface area (Å²) < 4.78 is 5.36. The third-order valence-electron chi connectivity index (χ3n) is 3.40. The van der Waals surface area contributed by atoms with Crippen LogP contribution in [0.25, 0.3) is 0 Å². The molecule has 0 spiro atoms. The van der Waals surface area contributed by atoms with Crippen molar-refractivity contribution in [3.8, 4) is 5.75 Å². The lowest BCUT2D eigenvalue weighted by molar-refractivity contribution is -0.00944. The number of rotatable bonds is 4. The number of hydrogen-bond donors (Lipinski definition) is 2. The summed E-state index contributed by atoms with van der Waals surface area (Å²) in [6.45, 7) is 5.68. The SMILES string of the molecule is COc1ccc(C(C)C)cc1CC1(O)CNC1. The van der Waals surface area contributed by atoms with Gasteiger partial charge in [-0.25, -0.2) is 0 Å². The van der Waals surface area contributed by atoms with Crippen molar-refractivity contribution in [2.24, 2.45) is 0 Å². The van der Waals surface area contributed by atoms with Gasteiger partial charge in [0.1, 0.15) is 5.75 Å². The van der Waals surface area contributed by atoms with Crippen molar-refractivity contribution >= 4 is 0 Å². The molecule has 3 heteroatoms. The molecule has 0 atom stereocenters. The number of β-amino-alcohol motifs (C(OH)–C–C–N with tert-alkyl or cyclic N) is 1. The molecular formula is C14H21NO2. The van der Waals surface area contributed by atoms with Gasteiger partial charge in [-0.1, -0.05) is 26.0 Å². The average Bonchev–Trinajstić information content (AvgIpc) is 2.26. The Morgan fingerprint density at radius 3 is 2.59 bits per heavy atom. The first-order valence-corrected chi connectivity index (χ1v) is 6.14. The van der Waals surface area contributed by atoms with Crippen molar-refractivity contribution in [1.82, 2.24) is 5.32 Å². The minimum Gasteiger partial charge on any atom is -0.496 e. The van der Waals surface area contributed by atoms with Crippen molar-refractivity contribution in [3.05, 3.63) is 29.3 Å². The fourth-order valence-corrected chi connectivity index (χ4v) is 2.19. The Labute approximate surface area is 103 Å². The van der Waals surface area contributed by atoms with Crippen molar-refractivity contribution in [3.63, 3.8) is 0 Å². The Kier molecular flexibility index (Phi) is 3.40. The molecule has 0 radical (unpaired) electrons. The number of hydrogen-bond acceptors (Lipinski definition) is 3. The zero-order chi connectivity index (χ0) is 12.5. The lowest BCUT2D eigenvalue weighted by Crippen LogP contribution is -2.60. The van der Waals surface area contributed by atoms with Gasteiger partial charge in [0.05, 0.1) is 12.7 Å². The van der Waals surface area contributed by atoms with E-state index >= 15 is 0 Å². The number of methoxy groups -OCH3 is 1. The lowest BCUT2D eigenvalue weighted by Gasteiger charge is -2.38. The zero-order valence-electron chi connectivity index (χ0n) is 10.8. The molecule has 0 saturated carbocycles. The third-order valence-corrected chi connectivity index (χ3v) is 3.40. The molecule has 3 nitrogen and oxygen atoms in total. The second kappa shape index (κ2) is 4.67. The van der Waals surface area contributed by atoms with Crippen LogP contribution in [0.1, 0.15) is 30.9 Å². The molecule has 94 valence electrons. The van der Waals surface area contributed by atoms with Crippen LogP contribution in [0.2, 0.25) is 0 Å². The molecule has 2 rings (SSSR count). The first-order chi connectivity index (χ1) is 8.04. The normalized spacial score (nSPS) is 17.9. The number of aliphatic hydroxyl groups is 1. The standard InChI is InChI=1S/C14H21NO2/c1-10(2)11-4-5-13(17-3)12(6-11)7-14(16)8-15-9-14/h4-6,10,15-16H,7-9H2,1-3H3. The summed E-state index contributed by atoms with van der Waals surface area (Å²) in [6, 6.07) is 6.25. The van der Waals surface area contributed by atoms with Crippen LogP contribution in [0.3, 0.4) is 0 Å². The summed E-state index contributed by atoms with van der Waals surface area (Å²) in [4.78, 5) is 0. The molecule has 0 aromatic heterocycles. The van der Waals surface area contributed by atoms with Gasteiger partial charge in [-0.15, -0.1) is 0 Å². The molecule has 1 aliphatic heterocycles. The second-order valence-corrected chi connectivity index (χ2v) is 5.23. The Morgan fingerprint density at radius 2 is 2.12 bits per heavy atom. The molecule has 1 saturated heterocycles. The summed E-state index contributed by atoms with van der Waals surface area (Å²) in [5.74, 6) is 1.36. The minimum absolute atomic E-state index is 0.494. The van der Waals surface area contributed by atoms with E-state index in [9.17, 15) is 5.11 Å². The third kappa shape index (κ3) is 2.61. The van der Waals surface area contributed by atoms with Gasteiger partial charge in [-0.05, 0) is 23.1 Å². The maximum atomic E-state index is 10.2. The van der Waals surface area contributed by atoms with E-state index < -0.39 is 5.60 Å². The molecule has 1 aromatic rings. The van der Waals surface area contributed by atoms with Gasteiger partial charge in [0.15, 0.2) is 0 Å². The predicted octanol–water partition coefficient (Wildman–Crippen LogP) is 1.70. The highest BCUT2D eigenvalue weighted by atomic mass is 16.5. The first kappa shape index (κ1) is 12.4. The van der Waals surface area contributed by atoms with E-state index in [-0.39, 0.29) is 0 Å². The maximum absolute atomic E-state index is 10.2. The number of nitrogens with one attached hydrogen (secondary N) is 1. The van der Waals surface area contributed by atoms with Gasteiger partial charge in [0.25, 0.3) is 0 Å². The van der Waals surface area contributed by atoms with Crippen molar-refractivity contribution in [2.75, 3.05) is 20.2 Å². The topological polar surface area (TPSA) is 41.5 Å². The largest absolute Gasteiger partial charge is 0.496 e. The van der Waals surface area contributed by atoms with Gasteiger partial charge in [0, 0.05) is 19.5 Å². The quantitative estimate of drug-likeness (QED) is 0.834. The molecule has 17 heavy (non-hydrogen) atoms. The summed E-state index contributed by atoms with van der Waals surface area (Å²) >= 11 is 0. The number of ether oxygens (including phenoxy) is 1. The van der Waals surface area contributed by atoms with Crippen LogP contribution in [-0.2, 0) is 6.42 Å². The van der Waals surface area contributed by atoms with E-state index in [0.717, 1.165) is 11.3 Å². The molecule has 2 N–H and O–H groups in total. The minimum atomic E-state index is -0.594. The van der Waals surface area contributed by atoms with Crippen LogP contribution < -0.4 is 10.1 Å². The molecule has 0 amide bonds. The summed E-state index contributed by atoms with van der Waals surface area (Å²) in [5, 5.41) is 13.3. The second-order valence-electron chi connectivity index (χ2n) is 5.23. The molecule has 0 aliphatic carbocycles. The van der Waals surface area contributed by atoms with Gasteiger partial charge >= 0.3 is 0 Å². The molecule has 1 aromatic carbocycles. The van der Waals surface area contributed by atoms with Crippen molar-refractivity contribution in [1.29, 1.82) is 0 Å². The molecule has 1 fully saturated rings. The Bertz CT molecular complexity index is 397. The van der Waals surface area contributed by atoms with Crippen LogP contribution in [0, 0.1) is 0 Å². The predicted molar refractivity (Wildman–Crippen MR) is 68.6 cm³/mol. The van der Waals surface area contributed by atoms with Crippen molar-refractivity contribution < 1.29 is 9.84 Å². The highest BCUT2D eigenvalue weighted by Gasteiger charge is 2.35. The van der Waals surface area contributed by atoms with Crippen LogP contribution in [0.15, 0.2) is 18.2 Å². The molecule has 1 heterocycles. The molecule has 0 bridgehead atoms. The highest BCUT2D eigenvalue weighted by molar-refractivity contribution is 5.39. The Balaban J connectivity index is 2.25. The summed E-state index contributed by atoms with van der Waals surface area (Å²) in [6.07, 6.45) is 0.656. The lowest BCUT2D eigenvalue weighted by atomic mass is 9.87. The van der Waals surface area contributed by atoms with E-state index in [1.807, 2.05) is 6.07 Å². The molecule has 0 unspecified atom stereocenters. The zero-order valence-corrected chi connectivity index (χ0v) is 10.8. The van der Waals surface area contributed by atoms with E-state index in [1.54, 1.807) is 7.11 Å². The smallest absolute Gasteiger partial charge is 0.122 e. The summed E-state index contributed by atoms with van der Waals surface area (Å²) in [7, 11) is 1.68. The van der Waals surface area contributed by atoms with Crippen LogP contribution >= 0.6 is 0 Å². The van der Waals surface area contributed by atoms with Crippen molar-refractivity contribution in [2.45, 2.75) is 31.8 Å². The fraction of sp³-hybridized carbons (Fsp3) is 0.571. The summed E-state index contributed by atoms with van der Waals surface area (Å²) in [5.41, 5.74) is 1.79. The van der Waals surface area contributed by atoms with Crippen LogP contribution in [0.4, 0.5) is 0 Å². The van der Waals surface area contributed by atoms with E-state index in [2.05, 4.69) is 31.3 Å². The highest BCUT2D eigenvalue weighted by Crippen LogP contribution is 2.28. The van der Waals surface area contributed by atoms with E-state index in [0.29, 0.717) is 25.4 Å². The Morgan fingerprint density at radius 1 is 1.41 bits per heavy atom. The monoisotopic (exact) mass is 235 g/mol. The van der Waals surface area contributed by atoms with Crippen LogP contribution in [-0.4, -0.2) is 30.9 Å². The van der Waals surface area contributed by atoms with E-state index in [1.165, 1.54) is 5.56 Å². The van der Waals surface area contributed by atoms with Crippen LogP contribution in [0.5, 0.6) is 5.75 Å². The number of benzene rings is 1. The Hall–Kier alpha value is -1.06. The fourth-order valence-electron chi connectivity index (χ4n) is 2.19. The maximum Gasteiger partial charge on any atom is 0.122 e. The van der Waals surface area contributed by atoms with Gasteiger partial charge < -0.3 is 15.2 Å². The average molecular weight is 235 g/mol. The van der Waals surface area contributed by atoms with Gasteiger partial charge in [0.2, 0.25) is 0 Å². The first-order valence-electron chi connectivity index (χ1n) is 6.14. The van der Waals surface area contributed by atoms with E-state index in [4.69, 9.17) is 4.74 Å².